The molecule has 116 valence electrons. The van der Waals surface area contributed by atoms with E-state index in [0.717, 1.165) is 28.9 Å². The molecule has 4 rings (SSSR count). The molecule has 2 aliphatic heterocycles. The number of nitrogens with zero attached hydrogens (tertiary/aromatic N) is 3. The normalized spacial score (nSPS) is 22.8. The van der Waals surface area contributed by atoms with Crippen molar-refractivity contribution in [2.24, 2.45) is 12.5 Å². The molecule has 5 heteroatoms. The van der Waals surface area contributed by atoms with E-state index in [2.05, 4.69) is 34.3 Å². The molecular weight excluding hydrogens is 288 g/mol. The van der Waals surface area contributed by atoms with E-state index in [-0.39, 0.29) is 5.91 Å². The van der Waals surface area contributed by atoms with Gasteiger partial charge in [-0.25, -0.2) is 0 Å². The van der Waals surface area contributed by atoms with Crippen LogP contribution in [0, 0.1) is 16.9 Å². The first kappa shape index (κ1) is 13.9. The van der Waals surface area contributed by atoms with Crippen molar-refractivity contribution in [1.29, 1.82) is 5.26 Å². The molecule has 1 amide bonds. The van der Waals surface area contributed by atoms with Crippen molar-refractivity contribution in [3.63, 3.8) is 0 Å². The second-order valence-electron chi connectivity index (χ2n) is 6.56. The van der Waals surface area contributed by atoms with Crippen molar-refractivity contribution in [1.82, 2.24) is 9.47 Å². The number of carbonyl (C=O) groups excluding carboxylic acids is 1. The molecule has 1 aromatic carbocycles. The molecule has 2 aliphatic rings. The lowest BCUT2D eigenvalue weighted by Gasteiger charge is -2.33. The Kier molecular flexibility index (Phi) is 2.95. The summed E-state index contributed by atoms with van der Waals surface area (Å²) in [6.07, 6.45) is 5.63. The molecule has 0 radical (unpaired) electrons. The highest BCUT2D eigenvalue weighted by Crippen LogP contribution is 2.41. The van der Waals surface area contributed by atoms with Crippen LogP contribution in [-0.4, -0.2) is 28.5 Å². The van der Waals surface area contributed by atoms with E-state index < -0.39 is 5.41 Å². The third kappa shape index (κ3) is 2.10. The van der Waals surface area contributed by atoms with Gasteiger partial charge in [0.15, 0.2) is 6.19 Å². The van der Waals surface area contributed by atoms with Gasteiger partial charge in [-0.3, -0.25) is 4.79 Å². The SMILES string of the molecule is Cn1cccc1-c1ccc2c(c1)NC(=O)C1(CCN(C#N)C1)C2. The number of likely N-dealkylation sites (tertiary alicyclic amines) is 1. The summed E-state index contributed by atoms with van der Waals surface area (Å²) in [4.78, 5) is 14.3. The average molecular weight is 306 g/mol. The van der Waals surface area contributed by atoms with Gasteiger partial charge in [-0.05, 0) is 36.6 Å². The molecule has 1 saturated heterocycles. The third-order valence-electron chi connectivity index (χ3n) is 5.10. The molecular formula is C18H18N4O. The molecule has 5 nitrogen and oxygen atoms in total. The van der Waals surface area contributed by atoms with Gasteiger partial charge in [0.05, 0.1) is 5.41 Å². The molecule has 23 heavy (non-hydrogen) atoms. The number of benzene rings is 1. The van der Waals surface area contributed by atoms with Gasteiger partial charge in [0.2, 0.25) is 5.91 Å². The molecule has 1 unspecified atom stereocenters. The highest BCUT2D eigenvalue weighted by molar-refractivity contribution is 5.99. The van der Waals surface area contributed by atoms with E-state index >= 15 is 0 Å². The summed E-state index contributed by atoms with van der Waals surface area (Å²) in [6.45, 7) is 1.19. The molecule has 1 atom stereocenters. The Hall–Kier alpha value is -2.74. The molecule has 0 saturated carbocycles. The molecule has 1 aromatic heterocycles. The molecule has 2 aromatic rings. The molecule has 3 heterocycles. The van der Waals surface area contributed by atoms with Crippen molar-refractivity contribution >= 4 is 11.6 Å². The van der Waals surface area contributed by atoms with E-state index in [0.29, 0.717) is 19.5 Å². The largest absolute Gasteiger partial charge is 0.351 e. The quantitative estimate of drug-likeness (QED) is 0.823. The smallest absolute Gasteiger partial charge is 0.232 e. The van der Waals surface area contributed by atoms with Gasteiger partial charge < -0.3 is 14.8 Å². The van der Waals surface area contributed by atoms with Crippen molar-refractivity contribution in [2.45, 2.75) is 12.8 Å². The number of carbonyl (C=O) groups is 1. The second kappa shape index (κ2) is 4.88. The Morgan fingerprint density at radius 1 is 1.35 bits per heavy atom. The number of hydrogen-bond acceptors (Lipinski definition) is 3. The van der Waals surface area contributed by atoms with Crippen LogP contribution in [0.4, 0.5) is 5.69 Å². The van der Waals surface area contributed by atoms with E-state index in [1.54, 1.807) is 4.90 Å². The van der Waals surface area contributed by atoms with Gasteiger partial charge in [-0.15, -0.1) is 0 Å². The number of amides is 1. The number of nitriles is 1. The Morgan fingerprint density at radius 2 is 2.22 bits per heavy atom. The van der Waals surface area contributed by atoms with Crippen LogP contribution in [0.3, 0.4) is 0 Å². The lowest BCUT2D eigenvalue weighted by Crippen LogP contribution is -2.43. The highest BCUT2D eigenvalue weighted by atomic mass is 16.2. The van der Waals surface area contributed by atoms with Crippen LogP contribution in [0.15, 0.2) is 36.5 Å². The summed E-state index contributed by atoms with van der Waals surface area (Å²) in [5, 5.41) is 12.1. The van der Waals surface area contributed by atoms with Crippen molar-refractivity contribution < 1.29 is 4.79 Å². The highest BCUT2D eigenvalue weighted by Gasteiger charge is 2.47. The number of fused-ring (bicyclic) bond motifs is 1. The maximum atomic E-state index is 12.7. The Morgan fingerprint density at radius 3 is 2.91 bits per heavy atom. The first-order chi connectivity index (χ1) is 11.1. The minimum Gasteiger partial charge on any atom is -0.351 e. The van der Waals surface area contributed by atoms with E-state index in [4.69, 9.17) is 5.26 Å². The first-order valence-electron chi connectivity index (χ1n) is 7.82. The minimum atomic E-state index is -0.449. The topological polar surface area (TPSA) is 61.1 Å². The maximum absolute atomic E-state index is 12.7. The predicted octanol–water partition coefficient (Wildman–Crippen LogP) is 2.36. The van der Waals surface area contributed by atoms with Gasteiger partial charge in [-0.1, -0.05) is 12.1 Å². The summed E-state index contributed by atoms with van der Waals surface area (Å²) in [5.41, 5.74) is 3.82. The van der Waals surface area contributed by atoms with Gasteiger partial charge in [-0.2, -0.15) is 5.26 Å². The minimum absolute atomic E-state index is 0.0479. The zero-order valence-electron chi connectivity index (χ0n) is 13.0. The number of rotatable bonds is 1. The van der Waals surface area contributed by atoms with Crippen molar-refractivity contribution in [3.8, 4) is 17.5 Å². The Balaban J connectivity index is 1.69. The number of hydrogen-bond donors (Lipinski definition) is 1. The lowest BCUT2D eigenvalue weighted by atomic mass is 9.76. The van der Waals surface area contributed by atoms with Crippen LogP contribution in [0.1, 0.15) is 12.0 Å². The lowest BCUT2D eigenvalue weighted by molar-refractivity contribution is -0.125. The zero-order valence-corrected chi connectivity index (χ0v) is 13.0. The third-order valence-corrected chi connectivity index (χ3v) is 5.10. The second-order valence-corrected chi connectivity index (χ2v) is 6.56. The molecule has 0 aliphatic carbocycles. The van der Waals surface area contributed by atoms with Gasteiger partial charge >= 0.3 is 0 Å². The molecule has 1 N–H and O–H groups in total. The molecule has 0 bridgehead atoms. The van der Waals surface area contributed by atoms with Gasteiger partial charge in [0.1, 0.15) is 0 Å². The van der Waals surface area contributed by atoms with E-state index in [9.17, 15) is 4.79 Å². The Labute approximate surface area is 135 Å². The summed E-state index contributed by atoms with van der Waals surface area (Å²) >= 11 is 0. The monoisotopic (exact) mass is 306 g/mol. The summed E-state index contributed by atoms with van der Waals surface area (Å²) in [7, 11) is 2.01. The van der Waals surface area contributed by atoms with Crippen molar-refractivity contribution in [3.05, 3.63) is 42.1 Å². The fourth-order valence-corrected chi connectivity index (χ4v) is 3.75. The number of aryl methyl sites for hydroxylation is 1. The zero-order chi connectivity index (χ0) is 16.0. The fourth-order valence-electron chi connectivity index (χ4n) is 3.75. The fraction of sp³-hybridized carbons (Fsp3) is 0.333. The van der Waals surface area contributed by atoms with Crippen LogP contribution in [0.5, 0.6) is 0 Å². The van der Waals surface area contributed by atoms with Crippen molar-refractivity contribution in [2.75, 3.05) is 18.4 Å². The standard InChI is InChI=1S/C18H18N4O/c1-21-7-2-3-16(21)13-4-5-14-10-18(6-8-22(11-18)12-19)17(23)20-15(14)9-13/h2-5,7,9H,6,8,10-11H2,1H3,(H,20,23). The summed E-state index contributed by atoms with van der Waals surface area (Å²) in [5.74, 6) is 0.0479. The maximum Gasteiger partial charge on any atom is 0.232 e. The summed E-state index contributed by atoms with van der Waals surface area (Å²) in [6, 6.07) is 10.3. The van der Waals surface area contributed by atoms with E-state index in [1.807, 2.05) is 25.4 Å². The number of anilines is 1. The van der Waals surface area contributed by atoms with Crippen LogP contribution in [0.25, 0.3) is 11.3 Å². The van der Waals surface area contributed by atoms with Crippen LogP contribution < -0.4 is 5.32 Å². The Bertz CT molecular complexity index is 832. The van der Waals surface area contributed by atoms with Crippen LogP contribution >= 0.6 is 0 Å². The first-order valence-corrected chi connectivity index (χ1v) is 7.82. The van der Waals surface area contributed by atoms with Crippen LogP contribution in [-0.2, 0) is 18.3 Å². The number of aromatic nitrogens is 1. The average Bonchev–Trinajstić information content (AvgIpc) is 3.15. The van der Waals surface area contributed by atoms with Crippen LogP contribution in [0.2, 0.25) is 0 Å². The number of nitrogens with one attached hydrogen (secondary N) is 1. The van der Waals surface area contributed by atoms with Gasteiger partial charge in [0.25, 0.3) is 0 Å². The predicted molar refractivity (Wildman–Crippen MR) is 87.4 cm³/mol. The van der Waals surface area contributed by atoms with E-state index in [1.165, 1.54) is 0 Å². The summed E-state index contributed by atoms with van der Waals surface area (Å²) < 4.78 is 2.07. The van der Waals surface area contributed by atoms with Gasteiger partial charge in [0, 0.05) is 43.3 Å². The molecule has 1 fully saturated rings. The molecule has 1 spiro atoms.